The second-order valence-electron chi connectivity index (χ2n) is 4.89. The first-order valence-corrected chi connectivity index (χ1v) is 6.69. The molecular formula is C16H14N4. The molecule has 0 bridgehead atoms. The van der Waals surface area contributed by atoms with Crippen LogP contribution in [0.15, 0.2) is 58.5 Å². The lowest BCUT2D eigenvalue weighted by Gasteiger charge is -2.11. The highest BCUT2D eigenvalue weighted by molar-refractivity contribution is 6.06. The van der Waals surface area contributed by atoms with Crippen LogP contribution in [0.25, 0.3) is 0 Å². The van der Waals surface area contributed by atoms with Gasteiger partial charge in [-0.2, -0.15) is 0 Å². The molecule has 0 aliphatic carbocycles. The third kappa shape index (κ3) is 1.77. The Kier molecular flexibility index (Phi) is 2.52. The van der Waals surface area contributed by atoms with Crippen molar-refractivity contribution in [2.75, 3.05) is 0 Å². The fourth-order valence-corrected chi connectivity index (χ4v) is 2.61. The summed E-state index contributed by atoms with van der Waals surface area (Å²) < 4.78 is 0. The molecular weight excluding hydrogens is 248 g/mol. The van der Waals surface area contributed by atoms with Gasteiger partial charge in [0.05, 0.1) is 13.1 Å². The van der Waals surface area contributed by atoms with Crippen LogP contribution in [0.2, 0.25) is 0 Å². The van der Waals surface area contributed by atoms with Crippen molar-refractivity contribution in [3.05, 3.63) is 70.8 Å². The molecule has 0 saturated carbocycles. The summed E-state index contributed by atoms with van der Waals surface area (Å²) in [5.41, 5.74) is 11.2. The molecule has 98 valence electrons. The SMILES string of the molecule is c1ccc2c(c1)CN=C2NNC1=NCc2ccccc21. The van der Waals surface area contributed by atoms with Gasteiger partial charge in [-0.15, -0.1) is 0 Å². The first-order valence-electron chi connectivity index (χ1n) is 6.69. The Morgan fingerprint density at radius 2 is 1.10 bits per heavy atom. The minimum atomic E-state index is 0.739. The van der Waals surface area contributed by atoms with Gasteiger partial charge in [0.25, 0.3) is 0 Å². The Labute approximate surface area is 117 Å². The van der Waals surface area contributed by atoms with Gasteiger partial charge in [0.15, 0.2) is 0 Å². The molecule has 2 aliphatic heterocycles. The average molecular weight is 262 g/mol. The lowest BCUT2D eigenvalue weighted by atomic mass is 10.1. The van der Waals surface area contributed by atoms with Gasteiger partial charge in [-0.1, -0.05) is 48.5 Å². The predicted octanol–water partition coefficient (Wildman–Crippen LogP) is 2.00. The van der Waals surface area contributed by atoms with Crippen molar-refractivity contribution in [2.24, 2.45) is 9.98 Å². The van der Waals surface area contributed by atoms with Gasteiger partial charge in [-0.05, 0) is 11.1 Å². The number of benzene rings is 2. The molecule has 20 heavy (non-hydrogen) atoms. The van der Waals surface area contributed by atoms with Crippen LogP contribution < -0.4 is 10.9 Å². The summed E-state index contributed by atoms with van der Waals surface area (Å²) >= 11 is 0. The Morgan fingerprint density at radius 1 is 0.650 bits per heavy atom. The Bertz CT molecular complexity index is 667. The first kappa shape index (κ1) is 11.2. The number of fused-ring (bicyclic) bond motifs is 2. The topological polar surface area (TPSA) is 48.8 Å². The number of nitrogens with one attached hydrogen (secondary N) is 2. The monoisotopic (exact) mass is 262 g/mol. The van der Waals surface area contributed by atoms with Crippen LogP contribution in [0.1, 0.15) is 22.3 Å². The molecule has 0 unspecified atom stereocenters. The lowest BCUT2D eigenvalue weighted by Crippen LogP contribution is -2.41. The highest BCUT2D eigenvalue weighted by Gasteiger charge is 2.18. The van der Waals surface area contributed by atoms with Crippen molar-refractivity contribution >= 4 is 11.7 Å². The third-order valence-electron chi connectivity index (χ3n) is 3.66. The summed E-state index contributed by atoms with van der Waals surface area (Å²) in [6, 6.07) is 16.5. The van der Waals surface area contributed by atoms with Crippen molar-refractivity contribution in [2.45, 2.75) is 13.1 Å². The van der Waals surface area contributed by atoms with Gasteiger partial charge in [-0.3, -0.25) is 20.8 Å². The summed E-state index contributed by atoms with van der Waals surface area (Å²) in [6.45, 7) is 1.48. The molecule has 0 radical (unpaired) electrons. The quantitative estimate of drug-likeness (QED) is 0.713. The summed E-state index contributed by atoms with van der Waals surface area (Å²) in [6.07, 6.45) is 0. The largest absolute Gasteiger partial charge is 0.283 e. The zero-order valence-electron chi connectivity index (χ0n) is 10.9. The number of hydrogen-bond acceptors (Lipinski definition) is 4. The zero-order chi connectivity index (χ0) is 13.4. The van der Waals surface area contributed by atoms with E-state index < -0.39 is 0 Å². The average Bonchev–Trinajstić information content (AvgIpc) is 3.09. The standard InChI is InChI=1S/C16H14N4/c1-3-7-13-11(5-1)9-17-15(13)19-20-16-14-8-4-2-6-12(14)10-18-16/h1-8H,9-10H2,(H,17,19)(H,18,20). The van der Waals surface area contributed by atoms with Crippen molar-refractivity contribution in [1.29, 1.82) is 0 Å². The Hall–Kier alpha value is -2.62. The fourth-order valence-electron chi connectivity index (χ4n) is 2.61. The maximum atomic E-state index is 4.51. The summed E-state index contributed by atoms with van der Waals surface area (Å²) in [4.78, 5) is 9.02. The van der Waals surface area contributed by atoms with E-state index in [2.05, 4.69) is 45.1 Å². The number of aliphatic imine (C=N–C) groups is 2. The molecule has 2 aromatic carbocycles. The van der Waals surface area contributed by atoms with E-state index in [0.29, 0.717) is 0 Å². The van der Waals surface area contributed by atoms with Crippen LogP contribution >= 0.6 is 0 Å². The van der Waals surface area contributed by atoms with Gasteiger partial charge in [0, 0.05) is 11.1 Å². The van der Waals surface area contributed by atoms with Crippen molar-refractivity contribution < 1.29 is 0 Å². The first-order chi connectivity index (χ1) is 9.92. The number of nitrogens with zero attached hydrogens (tertiary/aromatic N) is 2. The van der Waals surface area contributed by atoms with E-state index in [1.165, 1.54) is 11.1 Å². The molecule has 2 aromatic rings. The van der Waals surface area contributed by atoms with E-state index in [4.69, 9.17) is 0 Å². The Morgan fingerprint density at radius 3 is 1.60 bits per heavy atom. The normalized spacial score (nSPS) is 15.2. The fraction of sp³-hybridized carbons (Fsp3) is 0.125. The van der Waals surface area contributed by atoms with Gasteiger partial charge < -0.3 is 0 Å². The van der Waals surface area contributed by atoms with Crippen LogP contribution in [0.5, 0.6) is 0 Å². The molecule has 2 aliphatic rings. The molecule has 0 aromatic heterocycles. The van der Waals surface area contributed by atoms with E-state index in [1.807, 2.05) is 24.3 Å². The van der Waals surface area contributed by atoms with Crippen LogP contribution in [0, 0.1) is 0 Å². The smallest absolute Gasteiger partial charge is 0.147 e. The molecule has 0 amide bonds. The number of rotatable bonds is 0. The second kappa shape index (κ2) is 4.49. The number of amidine groups is 2. The van der Waals surface area contributed by atoms with Crippen LogP contribution in [-0.2, 0) is 13.1 Å². The Balaban J connectivity index is 1.51. The minimum absolute atomic E-state index is 0.739. The van der Waals surface area contributed by atoms with Crippen molar-refractivity contribution in [1.82, 2.24) is 10.9 Å². The van der Waals surface area contributed by atoms with E-state index in [9.17, 15) is 0 Å². The number of hydrogen-bond donors (Lipinski definition) is 2. The molecule has 4 rings (SSSR count). The molecule has 2 N–H and O–H groups in total. The summed E-state index contributed by atoms with van der Waals surface area (Å²) in [5.74, 6) is 1.76. The number of hydrazine groups is 1. The summed E-state index contributed by atoms with van der Waals surface area (Å²) in [7, 11) is 0. The molecule has 4 nitrogen and oxygen atoms in total. The highest BCUT2D eigenvalue weighted by Crippen LogP contribution is 2.18. The highest BCUT2D eigenvalue weighted by atomic mass is 15.4. The van der Waals surface area contributed by atoms with Crippen molar-refractivity contribution in [3.8, 4) is 0 Å². The maximum absolute atomic E-state index is 4.51. The molecule has 0 spiro atoms. The van der Waals surface area contributed by atoms with Crippen molar-refractivity contribution in [3.63, 3.8) is 0 Å². The molecule has 4 heteroatoms. The van der Waals surface area contributed by atoms with Gasteiger partial charge in [0.2, 0.25) is 0 Å². The predicted molar refractivity (Wildman–Crippen MR) is 79.6 cm³/mol. The van der Waals surface area contributed by atoms with Crippen LogP contribution in [-0.4, -0.2) is 11.7 Å². The minimum Gasteiger partial charge on any atom is -0.283 e. The maximum Gasteiger partial charge on any atom is 0.147 e. The molecule has 0 atom stereocenters. The molecule has 2 heterocycles. The molecule has 0 fully saturated rings. The van der Waals surface area contributed by atoms with Crippen LogP contribution in [0.3, 0.4) is 0 Å². The second-order valence-corrected chi connectivity index (χ2v) is 4.89. The van der Waals surface area contributed by atoms with E-state index in [-0.39, 0.29) is 0 Å². The summed E-state index contributed by atoms with van der Waals surface area (Å²) in [5, 5.41) is 0. The van der Waals surface area contributed by atoms with Gasteiger partial charge in [-0.25, -0.2) is 0 Å². The lowest BCUT2D eigenvalue weighted by molar-refractivity contribution is 0.860. The van der Waals surface area contributed by atoms with E-state index >= 15 is 0 Å². The van der Waals surface area contributed by atoms with Crippen LogP contribution in [0.4, 0.5) is 0 Å². The zero-order valence-corrected chi connectivity index (χ0v) is 10.9. The third-order valence-corrected chi connectivity index (χ3v) is 3.66. The molecule has 0 saturated heterocycles. The van der Waals surface area contributed by atoms with E-state index in [1.54, 1.807) is 0 Å². The van der Waals surface area contributed by atoms with E-state index in [0.717, 1.165) is 35.9 Å². The van der Waals surface area contributed by atoms with Gasteiger partial charge in [0.1, 0.15) is 11.7 Å². The van der Waals surface area contributed by atoms with Gasteiger partial charge >= 0.3 is 0 Å².